The van der Waals surface area contributed by atoms with Gasteiger partial charge in [0.25, 0.3) is 11.8 Å². The number of rotatable bonds is 7. The summed E-state index contributed by atoms with van der Waals surface area (Å²) in [6, 6.07) is 7.61. The van der Waals surface area contributed by atoms with Crippen LogP contribution in [0.25, 0.3) is 10.1 Å². The van der Waals surface area contributed by atoms with Gasteiger partial charge in [0, 0.05) is 43.9 Å². The lowest BCUT2D eigenvalue weighted by Gasteiger charge is -2.32. The predicted octanol–water partition coefficient (Wildman–Crippen LogP) is 4.45. The maximum absolute atomic E-state index is 12.6. The minimum absolute atomic E-state index is 0.00128. The standard InChI is InChI=1S/C24H28N4O2S/c1-17-5-6-20(15-27-17)24(30)28-12-8-18(9-13-28)4-2-3-10-26-23(29)21-14-19-7-11-25-16-22(19)31-21/h5-7,11,14-16,18H,2-4,8-10,12-13H2,1H3,(H,26,29). The second-order valence-corrected chi connectivity index (χ2v) is 9.28. The summed E-state index contributed by atoms with van der Waals surface area (Å²) in [7, 11) is 0. The van der Waals surface area contributed by atoms with Crippen molar-refractivity contribution in [1.29, 1.82) is 0 Å². The van der Waals surface area contributed by atoms with E-state index in [1.54, 1.807) is 18.6 Å². The second kappa shape index (κ2) is 10.0. The van der Waals surface area contributed by atoms with E-state index in [4.69, 9.17) is 0 Å². The number of amides is 2. The van der Waals surface area contributed by atoms with Crippen molar-refractivity contribution in [2.45, 2.75) is 39.0 Å². The molecule has 0 aliphatic carbocycles. The number of aromatic nitrogens is 2. The second-order valence-electron chi connectivity index (χ2n) is 8.20. The molecule has 6 nitrogen and oxygen atoms in total. The summed E-state index contributed by atoms with van der Waals surface area (Å²) in [6.45, 7) is 4.25. The molecule has 0 radical (unpaired) electrons. The minimum atomic E-state index is -0.00128. The predicted molar refractivity (Wildman–Crippen MR) is 123 cm³/mol. The van der Waals surface area contributed by atoms with Gasteiger partial charge in [-0.25, -0.2) is 0 Å². The van der Waals surface area contributed by atoms with Crippen LogP contribution in [0.15, 0.2) is 42.9 Å². The van der Waals surface area contributed by atoms with Crippen molar-refractivity contribution in [3.8, 4) is 0 Å². The summed E-state index contributed by atoms with van der Waals surface area (Å²) < 4.78 is 1.04. The molecule has 1 aliphatic heterocycles. The molecule has 0 saturated carbocycles. The monoisotopic (exact) mass is 436 g/mol. The fraction of sp³-hybridized carbons (Fsp3) is 0.417. The van der Waals surface area contributed by atoms with E-state index in [1.165, 1.54) is 11.3 Å². The van der Waals surface area contributed by atoms with Gasteiger partial charge >= 0.3 is 0 Å². The summed E-state index contributed by atoms with van der Waals surface area (Å²) in [4.78, 5) is 36.0. The molecule has 31 heavy (non-hydrogen) atoms. The first-order valence-electron chi connectivity index (χ1n) is 10.9. The Hall–Kier alpha value is -2.80. The Labute approximate surface area is 186 Å². The van der Waals surface area contributed by atoms with Crippen LogP contribution in [0.3, 0.4) is 0 Å². The highest BCUT2D eigenvalue weighted by Gasteiger charge is 2.23. The number of thiophene rings is 1. The summed E-state index contributed by atoms with van der Waals surface area (Å²) in [6.07, 6.45) is 10.5. The molecule has 7 heteroatoms. The molecule has 1 N–H and O–H groups in total. The molecule has 1 saturated heterocycles. The van der Waals surface area contributed by atoms with Crippen molar-refractivity contribution in [3.05, 3.63) is 59.0 Å². The molecule has 4 heterocycles. The molecule has 3 aromatic heterocycles. The average Bonchev–Trinajstić information content (AvgIpc) is 3.24. The lowest BCUT2D eigenvalue weighted by molar-refractivity contribution is 0.0685. The third-order valence-electron chi connectivity index (χ3n) is 5.93. The molecule has 0 bridgehead atoms. The Morgan fingerprint density at radius 3 is 2.74 bits per heavy atom. The molecule has 3 aromatic rings. The van der Waals surface area contributed by atoms with E-state index < -0.39 is 0 Å². The van der Waals surface area contributed by atoms with E-state index in [1.807, 2.05) is 36.1 Å². The zero-order chi connectivity index (χ0) is 21.6. The van der Waals surface area contributed by atoms with E-state index in [-0.39, 0.29) is 11.8 Å². The number of piperidine rings is 1. The molecular formula is C24H28N4O2S. The van der Waals surface area contributed by atoms with Crippen molar-refractivity contribution >= 4 is 33.2 Å². The number of carbonyl (C=O) groups excluding carboxylic acids is 2. The minimum Gasteiger partial charge on any atom is -0.351 e. The van der Waals surface area contributed by atoms with Crippen LogP contribution < -0.4 is 5.32 Å². The van der Waals surface area contributed by atoms with Gasteiger partial charge in [0.2, 0.25) is 0 Å². The number of unbranched alkanes of at least 4 members (excludes halogenated alkanes) is 1. The van der Waals surface area contributed by atoms with Gasteiger partial charge in [-0.15, -0.1) is 11.3 Å². The van der Waals surface area contributed by atoms with Crippen LogP contribution in [0.2, 0.25) is 0 Å². The third kappa shape index (κ3) is 5.47. The van der Waals surface area contributed by atoms with Gasteiger partial charge in [0.05, 0.1) is 15.1 Å². The Morgan fingerprint density at radius 1 is 1.16 bits per heavy atom. The quantitative estimate of drug-likeness (QED) is 0.555. The van der Waals surface area contributed by atoms with Crippen molar-refractivity contribution in [1.82, 2.24) is 20.2 Å². The first-order chi connectivity index (χ1) is 15.1. The Kier molecular flexibility index (Phi) is 6.92. The van der Waals surface area contributed by atoms with Crippen LogP contribution in [0.5, 0.6) is 0 Å². The molecule has 0 spiro atoms. The fourth-order valence-corrected chi connectivity index (χ4v) is 4.99. The van der Waals surface area contributed by atoms with Crippen molar-refractivity contribution < 1.29 is 9.59 Å². The fourth-order valence-electron chi connectivity index (χ4n) is 4.04. The molecule has 162 valence electrons. The normalized spacial score (nSPS) is 14.7. The van der Waals surface area contributed by atoms with E-state index in [0.29, 0.717) is 18.0 Å². The van der Waals surface area contributed by atoms with E-state index >= 15 is 0 Å². The molecule has 1 aliphatic rings. The lowest BCUT2D eigenvalue weighted by atomic mass is 9.91. The molecule has 2 amide bonds. The van der Waals surface area contributed by atoms with Crippen LogP contribution in [0.4, 0.5) is 0 Å². The van der Waals surface area contributed by atoms with Gasteiger partial charge < -0.3 is 10.2 Å². The van der Waals surface area contributed by atoms with Crippen LogP contribution >= 0.6 is 11.3 Å². The van der Waals surface area contributed by atoms with Gasteiger partial charge in [-0.05, 0) is 61.8 Å². The van der Waals surface area contributed by atoms with Gasteiger partial charge in [0.15, 0.2) is 0 Å². The van der Waals surface area contributed by atoms with E-state index in [2.05, 4.69) is 15.3 Å². The first kappa shape index (κ1) is 21.4. The number of hydrogen-bond donors (Lipinski definition) is 1. The SMILES string of the molecule is Cc1ccc(C(=O)N2CCC(CCCCNC(=O)c3cc4ccncc4s3)CC2)cn1. The topological polar surface area (TPSA) is 75.2 Å². The molecule has 0 aromatic carbocycles. The molecule has 4 rings (SSSR count). The molecular weight excluding hydrogens is 408 g/mol. The average molecular weight is 437 g/mol. The highest BCUT2D eigenvalue weighted by atomic mass is 32.1. The maximum Gasteiger partial charge on any atom is 0.261 e. The van der Waals surface area contributed by atoms with Gasteiger partial charge in [0.1, 0.15) is 0 Å². The number of likely N-dealkylation sites (tertiary alicyclic amines) is 1. The lowest BCUT2D eigenvalue weighted by Crippen LogP contribution is -2.38. The summed E-state index contributed by atoms with van der Waals surface area (Å²) in [5.41, 5.74) is 1.60. The number of fused-ring (bicyclic) bond motifs is 1. The molecule has 0 unspecified atom stereocenters. The summed E-state index contributed by atoms with van der Waals surface area (Å²) in [5, 5.41) is 4.10. The van der Waals surface area contributed by atoms with Crippen LogP contribution in [0.1, 0.15) is 57.8 Å². The zero-order valence-corrected chi connectivity index (χ0v) is 18.7. The van der Waals surface area contributed by atoms with Crippen molar-refractivity contribution in [2.75, 3.05) is 19.6 Å². The molecule has 0 atom stereocenters. The Bertz CT molecular complexity index is 1010. The highest BCUT2D eigenvalue weighted by Crippen LogP contribution is 2.25. The number of aryl methyl sites for hydroxylation is 1. The Balaban J connectivity index is 1.13. The number of carbonyl (C=O) groups is 2. The van der Waals surface area contributed by atoms with Gasteiger partial charge in [-0.3, -0.25) is 19.6 Å². The zero-order valence-electron chi connectivity index (χ0n) is 17.8. The summed E-state index contributed by atoms with van der Waals surface area (Å²) in [5.74, 6) is 0.746. The highest BCUT2D eigenvalue weighted by molar-refractivity contribution is 7.20. The van der Waals surface area contributed by atoms with E-state index in [0.717, 1.165) is 65.9 Å². The van der Waals surface area contributed by atoms with E-state index in [9.17, 15) is 9.59 Å². The van der Waals surface area contributed by atoms with Gasteiger partial charge in [-0.2, -0.15) is 0 Å². The number of nitrogens with zero attached hydrogens (tertiary/aromatic N) is 3. The number of hydrogen-bond acceptors (Lipinski definition) is 5. The molecule has 1 fully saturated rings. The van der Waals surface area contributed by atoms with Crippen LogP contribution in [-0.2, 0) is 0 Å². The van der Waals surface area contributed by atoms with Crippen molar-refractivity contribution in [2.24, 2.45) is 5.92 Å². The third-order valence-corrected chi connectivity index (χ3v) is 7.02. The number of pyridine rings is 2. The van der Waals surface area contributed by atoms with Crippen LogP contribution in [0, 0.1) is 12.8 Å². The largest absolute Gasteiger partial charge is 0.351 e. The maximum atomic E-state index is 12.6. The first-order valence-corrected chi connectivity index (χ1v) is 11.8. The number of nitrogens with one attached hydrogen (secondary N) is 1. The van der Waals surface area contributed by atoms with Gasteiger partial charge in [-0.1, -0.05) is 12.8 Å². The summed E-state index contributed by atoms with van der Waals surface area (Å²) >= 11 is 1.48. The van der Waals surface area contributed by atoms with Crippen molar-refractivity contribution in [3.63, 3.8) is 0 Å². The Morgan fingerprint density at radius 2 is 2.00 bits per heavy atom. The van der Waals surface area contributed by atoms with Crippen LogP contribution in [-0.4, -0.2) is 46.3 Å². The smallest absolute Gasteiger partial charge is 0.261 e.